The highest BCUT2D eigenvalue weighted by molar-refractivity contribution is 6.29. The van der Waals surface area contributed by atoms with E-state index in [-0.39, 0.29) is 18.8 Å². The predicted octanol–water partition coefficient (Wildman–Crippen LogP) is 3.65. The lowest BCUT2D eigenvalue weighted by atomic mass is 10.2. The van der Waals surface area contributed by atoms with E-state index < -0.39 is 5.91 Å². The number of hydrogen-bond acceptors (Lipinski definition) is 8. The van der Waals surface area contributed by atoms with Crippen LogP contribution in [0.4, 0.5) is 17.2 Å². The SMILES string of the molecule is O=C(Nc1cc(-c2cccc(Cl)n2)nn1CCO)c1nc(C2CC2)ccc1Nc1cncnc1. The molecule has 5 rings (SSSR count). The van der Waals surface area contributed by atoms with E-state index in [1.165, 1.54) is 11.0 Å². The largest absolute Gasteiger partial charge is 0.394 e. The molecule has 10 nitrogen and oxygen atoms in total. The first kappa shape index (κ1) is 21.9. The van der Waals surface area contributed by atoms with E-state index in [1.54, 1.807) is 36.7 Å². The molecule has 0 atom stereocenters. The van der Waals surface area contributed by atoms with Crippen molar-refractivity contribution in [3.05, 3.63) is 71.7 Å². The lowest BCUT2D eigenvalue weighted by molar-refractivity contribution is 0.102. The molecular formula is C23H21ClN8O2. The molecule has 1 aliphatic rings. The summed E-state index contributed by atoms with van der Waals surface area (Å²) in [6.07, 6.45) is 6.79. The number of pyridine rings is 2. The number of nitrogens with one attached hydrogen (secondary N) is 2. The van der Waals surface area contributed by atoms with Gasteiger partial charge in [0, 0.05) is 17.7 Å². The third-order valence-corrected chi connectivity index (χ3v) is 5.49. The van der Waals surface area contributed by atoms with Crippen LogP contribution in [0.25, 0.3) is 11.4 Å². The molecule has 11 heteroatoms. The van der Waals surface area contributed by atoms with E-state index in [0.717, 1.165) is 18.5 Å². The monoisotopic (exact) mass is 476 g/mol. The van der Waals surface area contributed by atoms with Crippen molar-refractivity contribution in [3.63, 3.8) is 0 Å². The lowest BCUT2D eigenvalue weighted by Crippen LogP contribution is -2.19. The van der Waals surface area contributed by atoms with Crippen molar-refractivity contribution in [2.45, 2.75) is 25.3 Å². The highest BCUT2D eigenvalue weighted by Gasteiger charge is 2.27. The van der Waals surface area contributed by atoms with Crippen molar-refractivity contribution in [1.29, 1.82) is 0 Å². The maximum Gasteiger partial charge on any atom is 0.277 e. The Kier molecular flexibility index (Phi) is 6.15. The molecule has 0 spiro atoms. The fraction of sp³-hybridized carbons (Fsp3) is 0.217. The van der Waals surface area contributed by atoms with Crippen LogP contribution < -0.4 is 10.6 Å². The molecular weight excluding hydrogens is 456 g/mol. The van der Waals surface area contributed by atoms with E-state index in [9.17, 15) is 9.90 Å². The van der Waals surface area contributed by atoms with Crippen molar-refractivity contribution in [3.8, 4) is 11.4 Å². The van der Waals surface area contributed by atoms with Gasteiger partial charge in [0.25, 0.3) is 5.91 Å². The summed E-state index contributed by atoms with van der Waals surface area (Å²) in [6.45, 7) is 0.0430. The Morgan fingerprint density at radius 3 is 2.68 bits per heavy atom. The zero-order chi connectivity index (χ0) is 23.5. The molecule has 0 saturated heterocycles. The summed E-state index contributed by atoms with van der Waals surface area (Å²) in [5.74, 6) is 0.371. The number of rotatable bonds is 8. The Labute approximate surface area is 200 Å². The zero-order valence-corrected chi connectivity index (χ0v) is 18.8. The maximum absolute atomic E-state index is 13.4. The summed E-state index contributed by atoms with van der Waals surface area (Å²) in [4.78, 5) is 30.3. The highest BCUT2D eigenvalue weighted by Crippen LogP contribution is 2.39. The summed E-state index contributed by atoms with van der Waals surface area (Å²) < 4.78 is 1.51. The summed E-state index contributed by atoms with van der Waals surface area (Å²) in [5.41, 5.74) is 3.37. The topological polar surface area (TPSA) is 131 Å². The van der Waals surface area contributed by atoms with Crippen LogP contribution in [0.1, 0.15) is 34.9 Å². The third-order valence-electron chi connectivity index (χ3n) is 5.28. The Balaban J connectivity index is 1.47. The van der Waals surface area contributed by atoms with Crippen molar-refractivity contribution in [2.24, 2.45) is 0 Å². The number of nitrogens with zero attached hydrogens (tertiary/aromatic N) is 6. The average Bonchev–Trinajstić information content (AvgIpc) is 3.62. The molecule has 0 aromatic carbocycles. The number of aromatic nitrogens is 6. The van der Waals surface area contributed by atoms with Crippen LogP contribution >= 0.6 is 11.6 Å². The van der Waals surface area contributed by atoms with E-state index in [2.05, 4.69) is 35.7 Å². The first-order chi connectivity index (χ1) is 16.6. The van der Waals surface area contributed by atoms with E-state index in [1.807, 2.05) is 12.1 Å². The summed E-state index contributed by atoms with van der Waals surface area (Å²) >= 11 is 6.02. The molecule has 0 radical (unpaired) electrons. The second kappa shape index (κ2) is 9.54. The summed E-state index contributed by atoms with van der Waals surface area (Å²) in [5, 5.41) is 20.3. The van der Waals surface area contributed by atoms with Gasteiger partial charge in [0.1, 0.15) is 23.0 Å². The highest BCUT2D eigenvalue weighted by atomic mass is 35.5. The van der Waals surface area contributed by atoms with Crippen molar-refractivity contribution < 1.29 is 9.90 Å². The zero-order valence-electron chi connectivity index (χ0n) is 18.0. The van der Waals surface area contributed by atoms with Crippen LogP contribution in [0.15, 0.2) is 55.1 Å². The second-order valence-corrected chi connectivity index (χ2v) is 8.21. The van der Waals surface area contributed by atoms with Crippen LogP contribution in [0.3, 0.4) is 0 Å². The number of amides is 1. The molecule has 1 aliphatic carbocycles. The molecule has 34 heavy (non-hydrogen) atoms. The normalized spacial score (nSPS) is 13.0. The molecule has 4 aromatic heterocycles. The van der Waals surface area contributed by atoms with Crippen molar-refractivity contribution in [1.82, 2.24) is 29.7 Å². The van der Waals surface area contributed by atoms with Crippen molar-refractivity contribution in [2.75, 3.05) is 17.2 Å². The third kappa shape index (κ3) is 4.87. The Morgan fingerprint density at radius 2 is 1.94 bits per heavy atom. The molecule has 172 valence electrons. The van der Waals surface area contributed by atoms with E-state index >= 15 is 0 Å². The van der Waals surface area contributed by atoms with Crippen LogP contribution in [0.5, 0.6) is 0 Å². The minimum absolute atomic E-state index is 0.150. The number of carbonyl (C=O) groups excluding carboxylic acids is 1. The number of carbonyl (C=O) groups is 1. The average molecular weight is 477 g/mol. The first-order valence-corrected chi connectivity index (χ1v) is 11.1. The number of aliphatic hydroxyl groups is 1. The summed E-state index contributed by atoms with van der Waals surface area (Å²) in [6, 6.07) is 10.7. The molecule has 3 N–H and O–H groups in total. The van der Waals surface area contributed by atoms with Gasteiger partial charge < -0.3 is 15.7 Å². The fourth-order valence-electron chi connectivity index (χ4n) is 3.51. The smallest absolute Gasteiger partial charge is 0.277 e. The van der Waals surface area contributed by atoms with Crippen LogP contribution in [-0.4, -0.2) is 47.3 Å². The van der Waals surface area contributed by atoms with Gasteiger partial charge in [-0.2, -0.15) is 5.10 Å². The van der Waals surface area contributed by atoms with Gasteiger partial charge in [-0.15, -0.1) is 0 Å². The first-order valence-electron chi connectivity index (χ1n) is 10.8. The molecule has 4 aromatic rings. The minimum atomic E-state index is -0.411. The van der Waals surface area contributed by atoms with E-state index in [4.69, 9.17) is 11.6 Å². The molecule has 4 heterocycles. The molecule has 1 amide bonds. The lowest BCUT2D eigenvalue weighted by Gasteiger charge is -2.13. The Morgan fingerprint density at radius 1 is 1.12 bits per heavy atom. The number of hydrogen-bond donors (Lipinski definition) is 3. The number of anilines is 3. The molecule has 1 fully saturated rings. The minimum Gasteiger partial charge on any atom is -0.394 e. The molecule has 0 aliphatic heterocycles. The van der Waals surface area contributed by atoms with Gasteiger partial charge in [-0.05, 0) is 37.1 Å². The standard InChI is InChI=1S/C23H21ClN8O2/c24-20-3-1-2-17(28-20)19-10-21(32(31-19)8-9-33)30-23(34)22-18(27-15-11-25-13-26-12-15)7-6-16(29-22)14-4-5-14/h1-3,6-7,10-14,27,33H,4-5,8-9H2,(H,30,34). The van der Waals surface area contributed by atoms with Crippen molar-refractivity contribution >= 4 is 34.7 Å². The van der Waals surface area contributed by atoms with Gasteiger partial charge in [-0.3, -0.25) is 4.79 Å². The quantitative estimate of drug-likeness (QED) is 0.328. The van der Waals surface area contributed by atoms with Crippen LogP contribution in [0, 0.1) is 0 Å². The molecule has 0 unspecified atom stereocenters. The number of halogens is 1. The van der Waals surface area contributed by atoms with Crippen LogP contribution in [-0.2, 0) is 6.54 Å². The molecule has 0 bridgehead atoms. The van der Waals surface area contributed by atoms with Gasteiger partial charge in [0.2, 0.25) is 0 Å². The fourth-order valence-corrected chi connectivity index (χ4v) is 3.67. The molecule has 1 saturated carbocycles. The second-order valence-electron chi connectivity index (χ2n) is 7.82. The Hall–Kier alpha value is -3.89. The van der Waals surface area contributed by atoms with Gasteiger partial charge in [0.05, 0.1) is 42.6 Å². The Bertz CT molecular complexity index is 1320. The number of aliphatic hydroxyl groups excluding tert-OH is 1. The predicted molar refractivity (Wildman–Crippen MR) is 127 cm³/mol. The van der Waals surface area contributed by atoms with E-state index in [0.29, 0.717) is 39.7 Å². The van der Waals surface area contributed by atoms with Gasteiger partial charge in [-0.25, -0.2) is 24.6 Å². The van der Waals surface area contributed by atoms with Gasteiger partial charge in [-0.1, -0.05) is 17.7 Å². The van der Waals surface area contributed by atoms with Gasteiger partial charge in [0.15, 0.2) is 5.69 Å². The summed E-state index contributed by atoms with van der Waals surface area (Å²) in [7, 11) is 0. The van der Waals surface area contributed by atoms with Gasteiger partial charge >= 0.3 is 0 Å². The maximum atomic E-state index is 13.4. The van der Waals surface area contributed by atoms with Crippen LogP contribution in [0.2, 0.25) is 5.15 Å².